The summed E-state index contributed by atoms with van der Waals surface area (Å²) < 4.78 is 0. The van der Waals surface area contributed by atoms with Crippen molar-refractivity contribution in [3.05, 3.63) is 35.9 Å². The van der Waals surface area contributed by atoms with Crippen molar-refractivity contribution in [1.29, 1.82) is 0 Å². The molecule has 0 saturated carbocycles. The zero-order chi connectivity index (χ0) is 17.6. The predicted octanol–water partition coefficient (Wildman–Crippen LogP) is 1.29. The molecule has 2 unspecified atom stereocenters. The van der Waals surface area contributed by atoms with Gasteiger partial charge in [0, 0.05) is 50.9 Å². The van der Waals surface area contributed by atoms with Gasteiger partial charge >= 0.3 is 0 Å². The van der Waals surface area contributed by atoms with Crippen molar-refractivity contribution in [2.75, 3.05) is 39.3 Å². The van der Waals surface area contributed by atoms with E-state index in [1.54, 1.807) is 0 Å². The Morgan fingerprint density at radius 1 is 1.20 bits per heavy atom. The topological polar surface area (TPSA) is 47.0 Å². The summed E-state index contributed by atoms with van der Waals surface area (Å²) in [6.07, 6.45) is 0.526. The third-order valence-electron chi connectivity index (χ3n) is 5.89. The number of rotatable bonds is 3. The minimum Gasteiger partial charge on any atom is -0.392 e. The monoisotopic (exact) mass is 343 g/mol. The van der Waals surface area contributed by atoms with E-state index in [9.17, 15) is 9.90 Å². The Morgan fingerprint density at radius 3 is 2.60 bits per heavy atom. The van der Waals surface area contributed by atoms with Crippen LogP contribution >= 0.6 is 0 Å². The van der Waals surface area contributed by atoms with Gasteiger partial charge in [-0.2, -0.15) is 0 Å². The van der Waals surface area contributed by atoms with Gasteiger partial charge < -0.3 is 10.0 Å². The number of benzene rings is 1. The van der Waals surface area contributed by atoms with Crippen LogP contribution in [0.25, 0.3) is 0 Å². The highest BCUT2D eigenvalue weighted by Crippen LogP contribution is 2.39. The van der Waals surface area contributed by atoms with Gasteiger partial charge in [-0.15, -0.1) is 0 Å². The van der Waals surface area contributed by atoms with E-state index in [2.05, 4.69) is 23.6 Å². The van der Waals surface area contributed by atoms with E-state index in [0.717, 1.165) is 51.3 Å². The minimum atomic E-state index is -0.257. The molecule has 3 saturated heterocycles. The van der Waals surface area contributed by atoms with Crippen LogP contribution in [0.1, 0.15) is 30.6 Å². The SMILES string of the molecule is CC(C)CN1CC2(C1)CN(C(=O)c1ccccc1)CC1CC(O)CN12. The fourth-order valence-electron chi connectivity index (χ4n) is 5.04. The number of likely N-dealkylation sites (tertiary alicyclic amines) is 1. The number of fused-ring (bicyclic) bond motifs is 2. The maximum Gasteiger partial charge on any atom is 0.253 e. The van der Waals surface area contributed by atoms with Crippen molar-refractivity contribution >= 4 is 5.91 Å². The molecule has 4 rings (SSSR count). The first-order valence-corrected chi connectivity index (χ1v) is 9.48. The smallest absolute Gasteiger partial charge is 0.253 e. The van der Waals surface area contributed by atoms with Gasteiger partial charge in [-0.05, 0) is 24.5 Å². The second-order valence-electron chi connectivity index (χ2n) is 8.54. The fraction of sp³-hybridized carbons (Fsp3) is 0.650. The van der Waals surface area contributed by atoms with Crippen LogP contribution < -0.4 is 0 Å². The van der Waals surface area contributed by atoms with Crippen molar-refractivity contribution in [2.24, 2.45) is 5.92 Å². The summed E-state index contributed by atoms with van der Waals surface area (Å²) in [5.74, 6) is 0.784. The number of carbonyl (C=O) groups excluding carboxylic acids is 1. The average Bonchev–Trinajstić information content (AvgIpc) is 2.93. The van der Waals surface area contributed by atoms with Gasteiger partial charge in [0.25, 0.3) is 5.91 Å². The second kappa shape index (κ2) is 6.38. The molecule has 1 spiro atoms. The Morgan fingerprint density at radius 2 is 1.92 bits per heavy atom. The zero-order valence-corrected chi connectivity index (χ0v) is 15.3. The summed E-state index contributed by atoms with van der Waals surface area (Å²) >= 11 is 0. The molecule has 3 heterocycles. The van der Waals surface area contributed by atoms with Gasteiger partial charge in [-0.3, -0.25) is 14.6 Å². The molecule has 136 valence electrons. The summed E-state index contributed by atoms with van der Waals surface area (Å²) in [6.45, 7) is 9.89. The molecule has 1 aromatic rings. The minimum absolute atomic E-state index is 0.0275. The van der Waals surface area contributed by atoms with E-state index in [-0.39, 0.29) is 23.6 Å². The molecule has 0 aliphatic carbocycles. The Hall–Kier alpha value is -1.43. The number of aliphatic hydroxyl groups excluding tert-OH is 1. The third kappa shape index (κ3) is 3.09. The number of β-amino-alcohol motifs (C(OH)–C–C–N with tert-alkyl or cyclic N) is 1. The van der Waals surface area contributed by atoms with E-state index in [1.807, 2.05) is 35.2 Å². The van der Waals surface area contributed by atoms with E-state index in [4.69, 9.17) is 0 Å². The Kier molecular flexibility index (Phi) is 4.34. The molecule has 1 aromatic carbocycles. The van der Waals surface area contributed by atoms with Crippen molar-refractivity contribution in [2.45, 2.75) is 38.0 Å². The molecule has 1 N–H and O–H groups in total. The molecule has 2 atom stereocenters. The van der Waals surface area contributed by atoms with Gasteiger partial charge in [0.05, 0.1) is 11.6 Å². The fourth-order valence-corrected chi connectivity index (χ4v) is 5.04. The summed E-state index contributed by atoms with van der Waals surface area (Å²) in [7, 11) is 0. The van der Waals surface area contributed by atoms with Gasteiger partial charge in [0.15, 0.2) is 0 Å². The molecule has 0 bridgehead atoms. The van der Waals surface area contributed by atoms with Crippen LogP contribution in [-0.2, 0) is 0 Å². The normalized spacial score (nSPS) is 29.0. The number of hydrogen-bond acceptors (Lipinski definition) is 4. The highest BCUT2D eigenvalue weighted by molar-refractivity contribution is 5.94. The lowest BCUT2D eigenvalue weighted by Crippen LogP contribution is -2.78. The van der Waals surface area contributed by atoms with Gasteiger partial charge in [0.2, 0.25) is 0 Å². The van der Waals surface area contributed by atoms with Gasteiger partial charge in [-0.1, -0.05) is 32.0 Å². The van der Waals surface area contributed by atoms with E-state index in [0.29, 0.717) is 5.92 Å². The van der Waals surface area contributed by atoms with Gasteiger partial charge in [-0.25, -0.2) is 0 Å². The lowest BCUT2D eigenvalue weighted by Gasteiger charge is -2.61. The van der Waals surface area contributed by atoms with E-state index >= 15 is 0 Å². The van der Waals surface area contributed by atoms with Crippen molar-refractivity contribution in [3.8, 4) is 0 Å². The van der Waals surface area contributed by atoms with E-state index < -0.39 is 0 Å². The van der Waals surface area contributed by atoms with Crippen LogP contribution in [-0.4, -0.2) is 82.7 Å². The van der Waals surface area contributed by atoms with Crippen LogP contribution in [0.5, 0.6) is 0 Å². The predicted molar refractivity (Wildman–Crippen MR) is 97.5 cm³/mol. The van der Waals surface area contributed by atoms with Crippen LogP contribution in [0.4, 0.5) is 0 Å². The lowest BCUT2D eigenvalue weighted by molar-refractivity contribution is -0.108. The molecule has 3 fully saturated rings. The van der Waals surface area contributed by atoms with Crippen LogP contribution in [0.2, 0.25) is 0 Å². The molecule has 25 heavy (non-hydrogen) atoms. The molecular formula is C20H29N3O2. The Labute approximate surface area is 150 Å². The van der Waals surface area contributed by atoms with Crippen molar-refractivity contribution in [1.82, 2.24) is 14.7 Å². The number of amides is 1. The quantitative estimate of drug-likeness (QED) is 0.898. The third-order valence-corrected chi connectivity index (χ3v) is 5.89. The highest BCUT2D eigenvalue weighted by atomic mass is 16.3. The Bertz CT molecular complexity index is 627. The maximum absolute atomic E-state index is 13.0. The standard InChI is InChI=1S/C20H29N3O2/c1-15(2)9-21-12-20(13-21)14-22(10-17-8-18(24)11-23(17)20)19(25)16-6-4-3-5-7-16/h3-7,15,17-18,24H,8-14H2,1-2H3. The largest absolute Gasteiger partial charge is 0.392 e. The molecule has 3 aliphatic heterocycles. The molecule has 0 radical (unpaired) electrons. The number of piperazine rings is 1. The van der Waals surface area contributed by atoms with E-state index in [1.165, 1.54) is 0 Å². The lowest BCUT2D eigenvalue weighted by atomic mass is 9.83. The summed E-state index contributed by atoms with van der Waals surface area (Å²) in [5, 5.41) is 10.2. The number of hydrogen-bond donors (Lipinski definition) is 1. The number of carbonyl (C=O) groups is 1. The highest BCUT2D eigenvalue weighted by Gasteiger charge is 2.56. The van der Waals surface area contributed by atoms with Crippen LogP contribution in [0.15, 0.2) is 30.3 Å². The van der Waals surface area contributed by atoms with Crippen molar-refractivity contribution in [3.63, 3.8) is 0 Å². The first-order valence-electron chi connectivity index (χ1n) is 9.48. The summed E-state index contributed by atoms with van der Waals surface area (Å²) in [6, 6.07) is 9.88. The average molecular weight is 343 g/mol. The second-order valence-corrected chi connectivity index (χ2v) is 8.54. The first-order chi connectivity index (χ1) is 12.0. The molecule has 5 heteroatoms. The van der Waals surface area contributed by atoms with Crippen LogP contribution in [0, 0.1) is 5.92 Å². The zero-order valence-electron chi connectivity index (χ0n) is 15.3. The maximum atomic E-state index is 13.0. The number of aliphatic hydroxyl groups is 1. The van der Waals surface area contributed by atoms with Gasteiger partial charge in [0.1, 0.15) is 0 Å². The van der Waals surface area contributed by atoms with Crippen LogP contribution in [0.3, 0.4) is 0 Å². The number of nitrogens with zero attached hydrogens (tertiary/aromatic N) is 3. The molecule has 3 aliphatic rings. The summed E-state index contributed by atoms with van der Waals surface area (Å²) in [4.78, 5) is 20.0. The summed E-state index contributed by atoms with van der Waals surface area (Å²) in [5.41, 5.74) is 0.794. The van der Waals surface area contributed by atoms with Crippen molar-refractivity contribution < 1.29 is 9.90 Å². The molecule has 0 aromatic heterocycles. The molecule has 5 nitrogen and oxygen atoms in total. The molecular weight excluding hydrogens is 314 g/mol. The Balaban J connectivity index is 1.53. The molecule has 1 amide bonds. The first kappa shape index (κ1) is 17.0.